The van der Waals surface area contributed by atoms with Crippen molar-refractivity contribution >= 4 is 0 Å². The highest BCUT2D eigenvalue weighted by molar-refractivity contribution is 5.24. The van der Waals surface area contributed by atoms with Crippen LogP contribution in [0.1, 0.15) is 20.8 Å². The van der Waals surface area contributed by atoms with Crippen molar-refractivity contribution in [3.05, 3.63) is 24.0 Å². The zero-order valence-electron chi connectivity index (χ0n) is 7.78. The Hall–Kier alpha value is -0.760. The maximum atomic E-state index is 10.1. The summed E-state index contributed by atoms with van der Waals surface area (Å²) >= 11 is 0. The fraction of sp³-hybridized carbons (Fsp3) is 0.600. The largest absolute Gasteiger partial charge is 0.512 e. The van der Waals surface area contributed by atoms with Crippen molar-refractivity contribution in [2.45, 2.75) is 26.4 Å². The van der Waals surface area contributed by atoms with Crippen LogP contribution in [0.2, 0.25) is 0 Å². The molecule has 1 aliphatic rings. The summed E-state index contributed by atoms with van der Waals surface area (Å²) < 4.78 is 0. The fourth-order valence-corrected chi connectivity index (χ4v) is 1.52. The van der Waals surface area contributed by atoms with Gasteiger partial charge in [0.05, 0.1) is 11.4 Å². The molecule has 2 atom stereocenters. The molecule has 2 nitrogen and oxygen atoms in total. The average Bonchev–Trinajstić information content (AvgIpc) is 2.00. The van der Waals surface area contributed by atoms with Gasteiger partial charge in [-0.05, 0) is 12.0 Å². The standard InChI is InChI=1S/C10H16O2/c1-7(2)10(12)6-4-5-9(11)8(10)3/h4-8,11-12H,1-3H3. The molecule has 0 bridgehead atoms. The molecular formula is C10H16O2. The van der Waals surface area contributed by atoms with E-state index < -0.39 is 5.60 Å². The van der Waals surface area contributed by atoms with Crippen molar-refractivity contribution in [2.24, 2.45) is 11.8 Å². The first-order valence-corrected chi connectivity index (χ1v) is 4.29. The van der Waals surface area contributed by atoms with Gasteiger partial charge in [0, 0.05) is 5.92 Å². The maximum absolute atomic E-state index is 10.1. The highest BCUT2D eigenvalue weighted by atomic mass is 16.3. The van der Waals surface area contributed by atoms with Gasteiger partial charge >= 0.3 is 0 Å². The van der Waals surface area contributed by atoms with Crippen LogP contribution in [0.25, 0.3) is 0 Å². The first-order valence-electron chi connectivity index (χ1n) is 4.29. The molecule has 0 saturated carbocycles. The number of hydrogen-bond donors (Lipinski definition) is 2. The second-order valence-corrected chi connectivity index (χ2v) is 3.71. The van der Waals surface area contributed by atoms with Crippen molar-refractivity contribution in [3.63, 3.8) is 0 Å². The second-order valence-electron chi connectivity index (χ2n) is 3.71. The third kappa shape index (κ3) is 1.27. The molecule has 1 aliphatic carbocycles. The monoisotopic (exact) mass is 168 g/mol. The molecule has 12 heavy (non-hydrogen) atoms. The SMILES string of the molecule is CC(C)C1(O)C=CC=C(O)C1C. The van der Waals surface area contributed by atoms with Crippen LogP contribution < -0.4 is 0 Å². The molecule has 0 aromatic heterocycles. The molecular weight excluding hydrogens is 152 g/mol. The Morgan fingerprint density at radius 3 is 2.50 bits per heavy atom. The minimum absolute atomic E-state index is 0.111. The third-order valence-electron chi connectivity index (χ3n) is 2.69. The third-order valence-corrected chi connectivity index (χ3v) is 2.69. The van der Waals surface area contributed by atoms with Gasteiger partial charge < -0.3 is 10.2 Å². The molecule has 2 heteroatoms. The minimum Gasteiger partial charge on any atom is -0.512 e. The van der Waals surface area contributed by atoms with Crippen LogP contribution in [0.4, 0.5) is 0 Å². The lowest BCUT2D eigenvalue weighted by atomic mass is 9.76. The Morgan fingerprint density at radius 1 is 1.50 bits per heavy atom. The van der Waals surface area contributed by atoms with E-state index in [0.717, 1.165) is 0 Å². The van der Waals surface area contributed by atoms with Gasteiger partial charge in [-0.25, -0.2) is 0 Å². The van der Waals surface area contributed by atoms with Crippen molar-refractivity contribution in [1.82, 2.24) is 0 Å². The summed E-state index contributed by atoms with van der Waals surface area (Å²) in [7, 11) is 0. The normalized spacial score (nSPS) is 35.4. The van der Waals surface area contributed by atoms with E-state index >= 15 is 0 Å². The molecule has 0 aliphatic heterocycles. The first kappa shape index (κ1) is 9.33. The average molecular weight is 168 g/mol. The quantitative estimate of drug-likeness (QED) is 0.629. The number of aliphatic hydroxyl groups excluding tert-OH is 1. The number of allylic oxidation sites excluding steroid dienone is 2. The van der Waals surface area contributed by atoms with Gasteiger partial charge in [0.25, 0.3) is 0 Å². The van der Waals surface area contributed by atoms with Crippen molar-refractivity contribution in [2.75, 3.05) is 0 Å². The molecule has 68 valence electrons. The highest BCUT2D eigenvalue weighted by Gasteiger charge is 2.37. The summed E-state index contributed by atoms with van der Waals surface area (Å²) in [6.45, 7) is 5.72. The summed E-state index contributed by atoms with van der Waals surface area (Å²) in [6.07, 6.45) is 5.08. The highest BCUT2D eigenvalue weighted by Crippen LogP contribution is 2.34. The zero-order chi connectivity index (χ0) is 9.35. The molecule has 0 saturated heterocycles. The smallest absolute Gasteiger partial charge is 0.0982 e. The van der Waals surface area contributed by atoms with Crippen LogP contribution in [0.3, 0.4) is 0 Å². The Morgan fingerprint density at radius 2 is 2.08 bits per heavy atom. The molecule has 1 rings (SSSR count). The minimum atomic E-state index is -0.890. The fourth-order valence-electron chi connectivity index (χ4n) is 1.52. The van der Waals surface area contributed by atoms with Gasteiger partial charge in [0.1, 0.15) is 0 Å². The van der Waals surface area contributed by atoms with Gasteiger partial charge in [-0.2, -0.15) is 0 Å². The Labute approximate surface area is 73.2 Å². The molecule has 0 spiro atoms. The van der Waals surface area contributed by atoms with Gasteiger partial charge in [0.15, 0.2) is 0 Å². The van der Waals surface area contributed by atoms with E-state index in [0.29, 0.717) is 0 Å². The van der Waals surface area contributed by atoms with E-state index in [2.05, 4.69) is 0 Å². The molecule has 0 fully saturated rings. The lowest BCUT2D eigenvalue weighted by Crippen LogP contribution is -2.41. The molecule has 0 aromatic rings. The van der Waals surface area contributed by atoms with Crippen LogP contribution >= 0.6 is 0 Å². The van der Waals surface area contributed by atoms with E-state index in [1.807, 2.05) is 20.8 Å². The van der Waals surface area contributed by atoms with E-state index in [1.54, 1.807) is 18.2 Å². The number of rotatable bonds is 1. The summed E-state index contributed by atoms with van der Waals surface area (Å²) in [5, 5.41) is 19.5. The number of aliphatic hydroxyl groups is 2. The van der Waals surface area contributed by atoms with Gasteiger partial charge in [-0.15, -0.1) is 0 Å². The Balaban J connectivity index is 2.95. The summed E-state index contributed by atoms with van der Waals surface area (Å²) in [5.41, 5.74) is -0.890. The Bertz CT molecular complexity index is 228. The summed E-state index contributed by atoms with van der Waals surface area (Å²) in [5.74, 6) is 0.163. The van der Waals surface area contributed by atoms with E-state index in [1.165, 1.54) is 0 Å². The van der Waals surface area contributed by atoms with Crippen LogP contribution in [-0.4, -0.2) is 15.8 Å². The van der Waals surface area contributed by atoms with Crippen molar-refractivity contribution < 1.29 is 10.2 Å². The first-order chi connectivity index (χ1) is 5.48. The van der Waals surface area contributed by atoms with Gasteiger partial charge in [-0.3, -0.25) is 0 Å². The van der Waals surface area contributed by atoms with Crippen molar-refractivity contribution in [1.29, 1.82) is 0 Å². The summed E-state index contributed by atoms with van der Waals surface area (Å²) in [4.78, 5) is 0. The molecule has 0 amide bonds. The molecule has 0 heterocycles. The molecule has 2 N–H and O–H groups in total. The van der Waals surface area contributed by atoms with Crippen LogP contribution in [0, 0.1) is 11.8 Å². The lowest BCUT2D eigenvalue weighted by molar-refractivity contribution is -0.00913. The van der Waals surface area contributed by atoms with Gasteiger partial charge in [-0.1, -0.05) is 32.9 Å². The predicted octanol–water partition coefficient (Wildman–Crippen LogP) is 2.02. The van der Waals surface area contributed by atoms with Crippen LogP contribution in [-0.2, 0) is 0 Å². The van der Waals surface area contributed by atoms with E-state index in [9.17, 15) is 10.2 Å². The second kappa shape index (κ2) is 2.94. The summed E-state index contributed by atoms with van der Waals surface area (Å²) in [6, 6.07) is 0. The lowest BCUT2D eigenvalue weighted by Gasteiger charge is -2.36. The van der Waals surface area contributed by atoms with Crippen LogP contribution in [0.15, 0.2) is 24.0 Å². The van der Waals surface area contributed by atoms with E-state index in [4.69, 9.17) is 0 Å². The van der Waals surface area contributed by atoms with E-state index in [-0.39, 0.29) is 17.6 Å². The topological polar surface area (TPSA) is 40.5 Å². The zero-order valence-corrected chi connectivity index (χ0v) is 7.78. The molecule has 2 unspecified atom stereocenters. The van der Waals surface area contributed by atoms with Crippen LogP contribution in [0.5, 0.6) is 0 Å². The molecule has 0 aromatic carbocycles. The molecule has 0 radical (unpaired) electrons. The maximum Gasteiger partial charge on any atom is 0.0982 e. The predicted molar refractivity (Wildman–Crippen MR) is 48.8 cm³/mol. The van der Waals surface area contributed by atoms with Crippen molar-refractivity contribution in [3.8, 4) is 0 Å². The Kier molecular flexibility index (Phi) is 2.29. The van der Waals surface area contributed by atoms with Gasteiger partial charge in [0.2, 0.25) is 0 Å². The number of hydrogen-bond acceptors (Lipinski definition) is 2.